The van der Waals surface area contributed by atoms with Gasteiger partial charge in [0, 0.05) is 24.0 Å². The van der Waals surface area contributed by atoms with E-state index in [1.807, 2.05) is 60.3 Å². The van der Waals surface area contributed by atoms with Gasteiger partial charge in [0.2, 0.25) is 0 Å². The normalized spacial score (nSPS) is 11.3. The van der Waals surface area contributed by atoms with Crippen molar-refractivity contribution in [2.75, 3.05) is 0 Å². The molecule has 0 aliphatic heterocycles. The first-order valence-electron chi connectivity index (χ1n) is 7.28. The summed E-state index contributed by atoms with van der Waals surface area (Å²) in [6, 6.07) is 18.0. The highest BCUT2D eigenvalue weighted by Gasteiger charge is 2.15. The summed E-state index contributed by atoms with van der Waals surface area (Å²) in [5.41, 5.74) is 3.36. The van der Waals surface area contributed by atoms with E-state index in [9.17, 15) is 4.79 Å². The van der Waals surface area contributed by atoms with Crippen molar-refractivity contribution in [3.63, 3.8) is 0 Å². The third-order valence-electron chi connectivity index (χ3n) is 4.05. The van der Waals surface area contributed by atoms with Crippen molar-refractivity contribution < 1.29 is 4.42 Å². The summed E-state index contributed by atoms with van der Waals surface area (Å²) in [7, 11) is 1.89. The second-order valence-corrected chi connectivity index (χ2v) is 5.54. The van der Waals surface area contributed by atoms with Crippen molar-refractivity contribution in [3.05, 3.63) is 82.3 Å². The van der Waals surface area contributed by atoms with E-state index in [0.717, 1.165) is 22.8 Å². The van der Waals surface area contributed by atoms with E-state index in [1.165, 1.54) is 5.56 Å². The predicted octanol–water partition coefficient (Wildman–Crippen LogP) is 3.88. The van der Waals surface area contributed by atoms with Crippen LogP contribution in [0.2, 0.25) is 0 Å². The van der Waals surface area contributed by atoms with Crippen LogP contribution >= 0.6 is 0 Å². The van der Waals surface area contributed by atoms with Crippen LogP contribution in [-0.4, -0.2) is 4.57 Å². The minimum Gasteiger partial charge on any atom is -0.421 e. The standard InChI is InChI=1S/C19H15NO2/c1-20-12-14(11-13-7-3-2-4-8-13)17-15-9-5-6-10-16(15)22-19(21)18(17)20/h2-10,12H,11H2,1H3. The van der Waals surface area contributed by atoms with Crippen LogP contribution < -0.4 is 5.63 Å². The summed E-state index contributed by atoms with van der Waals surface area (Å²) in [6.45, 7) is 0. The predicted molar refractivity (Wildman–Crippen MR) is 88.2 cm³/mol. The Morgan fingerprint density at radius 1 is 1.00 bits per heavy atom. The quantitative estimate of drug-likeness (QED) is 0.525. The fourth-order valence-corrected chi connectivity index (χ4v) is 3.10. The molecular formula is C19H15NO2. The first kappa shape index (κ1) is 12.9. The average molecular weight is 289 g/mol. The Labute approximate surface area is 127 Å². The van der Waals surface area contributed by atoms with Gasteiger partial charge < -0.3 is 8.98 Å². The third kappa shape index (κ3) is 1.94. The number of hydrogen-bond donors (Lipinski definition) is 0. The van der Waals surface area contributed by atoms with Crippen molar-refractivity contribution in [2.45, 2.75) is 6.42 Å². The van der Waals surface area contributed by atoms with Crippen molar-refractivity contribution in [2.24, 2.45) is 7.05 Å². The van der Waals surface area contributed by atoms with Gasteiger partial charge in [-0.1, -0.05) is 48.5 Å². The molecule has 4 aromatic rings. The Hall–Kier alpha value is -2.81. The SMILES string of the molecule is Cn1cc(Cc2ccccc2)c2c3ccccc3oc(=O)c21. The van der Waals surface area contributed by atoms with Crippen LogP contribution in [0.15, 0.2) is 70.0 Å². The Kier molecular flexibility index (Phi) is 2.86. The van der Waals surface area contributed by atoms with Gasteiger partial charge >= 0.3 is 5.63 Å². The molecule has 4 rings (SSSR count). The van der Waals surface area contributed by atoms with Gasteiger partial charge in [-0.15, -0.1) is 0 Å². The molecule has 2 aromatic carbocycles. The minimum atomic E-state index is -0.282. The number of fused-ring (bicyclic) bond motifs is 3. The second kappa shape index (κ2) is 4.88. The smallest absolute Gasteiger partial charge is 0.361 e. The molecule has 3 heteroatoms. The zero-order valence-corrected chi connectivity index (χ0v) is 12.2. The van der Waals surface area contributed by atoms with E-state index >= 15 is 0 Å². The van der Waals surface area contributed by atoms with Crippen molar-refractivity contribution in [1.29, 1.82) is 0 Å². The molecule has 0 bridgehead atoms. The van der Waals surface area contributed by atoms with Gasteiger partial charge in [-0.05, 0) is 23.6 Å². The second-order valence-electron chi connectivity index (χ2n) is 5.54. The monoisotopic (exact) mass is 289 g/mol. The number of para-hydroxylation sites is 1. The molecular weight excluding hydrogens is 274 g/mol. The van der Waals surface area contributed by atoms with Crippen LogP contribution in [0.4, 0.5) is 0 Å². The van der Waals surface area contributed by atoms with Gasteiger partial charge in [0.25, 0.3) is 0 Å². The molecule has 0 aliphatic carbocycles. The number of aryl methyl sites for hydroxylation is 1. The molecule has 2 aromatic heterocycles. The Balaban J connectivity index is 2.05. The summed E-state index contributed by atoms with van der Waals surface area (Å²) < 4.78 is 7.31. The van der Waals surface area contributed by atoms with Crippen molar-refractivity contribution in [3.8, 4) is 0 Å². The molecule has 0 unspecified atom stereocenters. The van der Waals surface area contributed by atoms with Crippen LogP contribution in [0.3, 0.4) is 0 Å². The highest BCUT2D eigenvalue weighted by atomic mass is 16.4. The number of aromatic nitrogens is 1. The first-order valence-corrected chi connectivity index (χ1v) is 7.28. The summed E-state index contributed by atoms with van der Waals surface area (Å²) in [4.78, 5) is 12.3. The zero-order valence-electron chi connectivity index (χ0n) is 12.2. The molecule has 0 fully saturated rings. The Bertz CT molecular complexity index is 1030. The molecule has 0 N–H and O–H groups in total. The molecule has 0 saturated heterocycles. The maximum Gasteiger partial charge on any atom is 0.361 e. The number of hydrogen-bond acceptors (Lipinski definition) is 2. The molecule has 2 heterocycles. The van der Waals surface area contributed by atoms with E-state index < -0.39 is 0 Å². The van der Waals surface area contributed by atoms with Gasteiger partial charge in [0.15, 0.2) is 0 Å². The van der Waals surface area contributed by atoms with E-state index in [2.05, 4.69) is 12.1 Å². The molecule has 0 atom stereocenters. The maximum absolute atomic E-state index is 12.3. The van der Waals surface area contributed by atoms with Crippen LogP contribution in [0, 0.1) is 0 Å². The van der Waals surface area contributed by atoms with Gasteiger partial charge in [-0.2, -0.15) is 0 Å². The number of rotatable bonds is 2. The van der Waals surface area contributed by atoms with Crippen molar-refractivity contribution >= 4 is 21.9 Å². The number of nitrogens with zero attached hydrogens (tertiary/aromatic N) is 1. The molecule has 0 saturated carbocycles. The summed E-state index contributed by atoms with van der Waals surface area (Å²) in [5, 5.41) is 1.99. The fraction of sp³-hybridized carbons (Fsp3) is 0.105. The molecule has 108 valence electrons. The van der Waals surface area contributed by atoms with Gasteiger partial charge in [0.1, 0.15) is 11.1 Å². The fourth-order valence-electron chi connectivity index (χ4n) is 3.10. The Morgan fingerprint density at radius 2 is 1.73 bits per heavy atom. The third-order valence-corrected chi connectivity index (χ3v) is 4.05. The van der Waals surface area contributed by atoms with E-state index in [1.54, 1.807) is 0 Å². The molecule has 0 radical (unpaired) electrons. The molecule has 3 nitrogen and oxygen atoms in total. The number of benzene rings is 2. The first-order chi connectivity index (χ1) is 10.7. The molecule has 22 heavy (non-hydrogen) atoms. The molecule has 0 spiro atoms. The van der Waals surface area contributed by atoms with Crippen LogP contribution in [0.5, 0.6) is 0 Å². The van der Waals surface area contributed by atoms with Gasteiger partial charge in [0.05, 0.1) is 0 Å². The lowest BCUT2D eigenvalue weighted by atomic mass is 10.0. The van der Waals surface area contributed by atoms with Gasteiger partial charge in [-0.3, -0.25) is 0 Å². The molecule has 0 aliphatic rings. The largest absolute Gasteiger partial charge is 0.421 e. The average Bonchev–Trinajstić information content (AvgIpc) is 2.86. The minimum absolute atomic E-state index is 0.282. The Morgan fingerprint density at radius 3 is 2.55 bits per heavy atom. The maximum atomic E-state index is 12.3. The summed E-state index contributed by atoms with van der Waals surface area (Å²) >= 11 is 0. The van der Waals surface area contributed by atoms with Crippen LogP contribution in [-0.2, 0) is 13.5 Å². The summed E-state index contributed by atoms with van der Waals surface area (Å²) in [5.74, 6) is 0. The lowest BCUT2D eigenvalue weighted by molar-refractivity contribution is 0.565. The van der Waals surface area contributed by atoms with Crippen LogP contribution in [0.1, 0.15) is 11.1 Å². The highest BCUT2D eigenvalue weighted by molar-refractivity contribution is 6.05. The van der Waals surface area contributed by atoms with E-state index in [4.69, 9.17) is 4.42 Å². The van der Waals surface area contributed by atoms with Crippen LogP contribution in [0.25, 0.3) is 21.9 Å². The highest BCUT2D eigenvalue weighted by Crippen LogP contribution is 2.28. The lowest BCUT2D eigenvalue weighted by Gasteiger charge is -2.03. The van der Waals surface area contributed by atoms with Crippen molar-refractivity contribution in [1.82, 2.24) is 4.57 Å². The lowest BCUT2D eigenvalue weighted by Crippen LogP contribution is -2.03. The van der Waals surface area contributed by atoms with Gasteiger partial charge in [-0.25, -0.2) is 4.79 Å². The zero-order chi connectivity index (χ0) is 15.1. The van der Waals surface area contributed by atoms with E-state index in [0.29, 0.717) is 11.1 Å². The molecule has 0 amide bonds. The van der Waals surface area contributed by atoms with E-state index in [-0.39, 0.29) is 5.63 Å². The topological polar surface area (TPSA) is 35.1 Å². The summed E-state index contributed by atoms with van der Waals surface area (Å²) in [6.07, 6.45) is 2.83.